The molecule has 3 aromatic heterocycles. The standard InChI is InChI=1S/3C19H14S.3C15H12.2C11H10/c1-13-9-11-14(12-10-13)15-6-4-8-18-19(15)16-5-2-3-7-17(16)20-18;1-13-6-8-14(9-7-13)15-10-11-19-17(12-15)16-4-2-3-5-18(16)20-19;1-13-6-8-14(9-7-13)15-10-11-17-16-4-2-3-5-18(16)20-19(17)12-15;1-11-14-8-4-2-6-12(14)10-13-7-3-5-9-15(11)13;1-11-5-4-8-14-9-12-6-2-3-7-13(12)10-15(11)14;1-11-6-7-14-9-12-4-2-3-5-13(12)10-15(14)8-11;1-9-5-4-7-10-6-2-3-8-11(9)10;1-9-6-7-10-4-2-3-5-11(10)8-9/h3*2-12H,1H3;3*2-10H,1H3;2*2-8H,1H3. The zero-order chi connectivity index (χ0) is 86.7. The molecule has 0 unspecified atom stereocenters. The maximum Gasteiger partial charge on any atom is 0.0361 e. The monoisotopic (exact) mass is 1680 g/mol. The summed E-state index contributed by atoms with van der Waals surface area (Å²) in [4.78, 5) is 0. The number of hydrogen-bond donors (Lipinski definition) is 0. The van der Waals surface area contributed by atoms with Crippen molar-refractivity contribution in [1.29, 1.82) is 0 Å². The summed E-state index contributed by atoms with van der Waals surface area (Å²) in [5, 5.41) is 29.5. The average molecular weight is 1680 g/mol. The molecular formula is C124H98S3. The molecule has 25 rings (SSSR count). The van der Waals surface area contributed by atoms with Crippen molar-refractivity contribution in [2.45, 2.75) is 55.4 Å². The molecule has 0 atom stereocenters. The zero-order valence-corrected chi connectivity index (χ0v) is 75.4. The Kier molecular flexibility index (Phi) is 25.2. The van der Waals surface area contributed by atoms with Gasteiger partial charge in [0.15, 0.2) is 0 Å². The topological polar surface area (TPSA) is 0 Å². The van der Waals surface area contributed by atoms with E-state index in [1.807, 2.05) is 34.0 Å². The molecule has 0 amide bonds. The lowest BCUT2D eigenvalue weighted by molar-refractivity contribution is 1.47. The van der Waals surface area contributed by atoms with Crippen LogP contribution in [0.2, 0.25) is 0 Å². The average Bonchev–Trinajstić information content (AvgIpc) is 1.63. The highest BCUT2D eigenvalue weighted by atomic mass is 32.1. The van der Waals surface area contributed by atoms with Gasteiger partial charge < -0.3 is 0 Å². The third kappa shape index (κ3) is 19.1. The Balaban J connectivity index is 0.0000000991. The first-order valence-electron chi connectivity index (χ1n) is 43.7. The van der Waals surface area contributed by atoms with E-state index in [0.29, 0.717) is 0 Å². The SMILES string of the molecule is Cc1c2ccccc2cc2ccccc12.Cc1ccc(-c2ccc3c(c2)sc2ccccc23)cc1.Cc1ccc(-c2ccc3sc4ccccc4c3c2)cc1.Cc1ccc(-c2cccc3sc4ccccc4c23)cc1.Cc1ccc2cc3ccccc3cc2c1.Cc1ccc2ccccc2c1.Cc1cccc2cc3ccccc3cc12.Cc1cccc2ccccc12. The van der Waals surface area contributed by atoms with Crippen LogP contribution in [0, 0.1) is 55.4 Å². The van der Waals surface area contributed by atoms with Gasteiger partial charge in [-0.25, -0.2) is 0 Å². The summed E-state index contributed by atoms with van der Waals surface area (Å²) in [6.07, 6.45) is 0. The minimum absolute atomic E-state index is 1.28. The maximum atomic E-state index is 2.32. The second-order valence-electron chi connectivity index (χ2n) is 33.1. The van der Waals surface area contributed by atoms with Crippen molar-refractivity contribution < 1.29 is 0 Å². The predicted octanol–water partition coefficient (Wildman–Crippen LogP) is 37.3. The van der Waals surface area contributed by atoms with E-state index in [0.717, 1.165) is 0 Å². The number of thiophene rings is 3. The Morgan fingerprint density at radius 2 is 0.465 bits per heavy atom. The molecule has 127 heavy (non-hydrogen) atoms. The minimum atomic E-state index is 1.28. The molecule has 0 aliphatic heterocycles. The fraction of sp³-hybridized carbons (Fsp3) is 0.0645. The first-order valence-corrected chi connectivity index (χ1v) is 46.2. The highest BCUT2D eigenvalue weighted by Gasteiger charge is 2.13. The van der Waals surface area contributed by atoms with Crippen LogP contribution in [0.25, 0.3) is 180 Å². The number of rotatable bonds is 3. The Hall–Kier alpha value is -14.4. The normalized spacial score (nSPS) is 11.0. The van der Waals surface area contributed by atoms with E-state index in [-0.39, 0.29) is 0 Å². The van der Waals surface area contributed by atoms with Gasteiger partial charge in [0.25, 0.3) is 0 Å². The van der Waals surface area contributed by atoms with Crippen molar-refractivity contribution in [3.63, 3.8) is 0 Å². The number of hydrogen-bond acceptors (Lipinski definition) is 3. The van der Waals surface area contributed by atoms with Crippen LogP contribution in [-0.2, 0) is 0 Å². The molecule has 0 radical (unpaired) electrons. The van der Waals surface area contributed by atoms with Crippen molar-refractivity contribution in [2.75, 3.05) is 0 Å². The van der Waals surface area contributed by atoms with E-state index in [1.165, 1.54) is 225 Å². The van der Waals surface area contributed by atoms with E-state index in [9.17, 15) is 0 Å². The lowest BCUT2D eigenvalue weighted by atomic mass is 9.98. The van der Waals surface area contributed by atoms with E-state index < -0.39 is 0 Å². The van der Waals surface area contributed by atoms with Crippen molar-refractivity contribution in [1.82, 2.24) is 0 Å². The van der Waals surface area contributed by atoms with Crippen LogP contribution in [-0.4, -0.2) is 0 Å². The smallest absolute Gasteiger partial charge is 0.0361 e. The van der Waals surface area contributed by atoms with Gasteiger partial charge >= 0.3 is 0 Å². The van der Waals surface area contributed by atoms with Crippen LogP contribution in [0.4, 0.5) is 0 Å². The van der Waals surface area contributed by atoms with Crippen LogP contribution in [0.5, 0.6) is 0 Å². The van der Waals surface area contributed by atoms with Gasteiger partial charge in [0.2, 0.25) is 0 Å². The third-order valence-corrected chi connectivity index (χ3v) is 27.5. The van der Waals surface area contributed by atoms with Gasteiger partial charge in [0.1, 0.15) is 0 Å². The number of fused-ring (bicyclic) bond motifs is 17. The molecule has 25 aromatic rings. The highest BCUT2D eigenvalue weighted by Crippen LogP contribution is 2.42. The molecule has 0 aliphatic rings. The van der Waals surface area contributed by atoms with E-state index in [4.69, 9.17) is 0 Å². The summed E-state index contributed by atoms with van der Waals surface area (Å²) in [5.74, 6) is 0. The summed E-state index contributed by atoms with van der Waals surface area (Å²) in [5.41, 5.74) is 18.4. The van der Waals surface area contributed by atoms with Gasteiger partial charge in [0, 0.05) is 60.5 Å². The Morgan fingerprint density at radius 3 is 1.04 bits per heavy atom. The van der Waals surface area contributed by atoms with Crippen molar-refractivity contribution in [3.05, 3.63) is 493 Å². The zero-order valence-electron chi connectivity index (χ0n) is 72.9. The summed E-state index contributed by atoms with van der Waals surface area (Å²) >= 11 is 5.62. The molecule has 0 bridgehead atoms. The Bertz CT molecular complexity index is 8110. The molecule has 0 spiro atoms. The minimum Gasteiger partial charge on any atom is -0.135 e. The Labute approximate surface area is 756 Å². The van der Waals surface area contributed by atoms with Gasteiger partial charge in [-0.1, -0.05) is 404 Å². The first kappa shape index (κ1) is 83.5. The molecule has 22 aromatic carbocycles. The summed E-state index contributed by atoms with van der Waals surface area (Å²) in [6, 6.07) is 161. The van der Waals surface area contributed by atoms with Gasteiger partial charge in [-0.3, -0.25) is 0 Å². The quantitative estimate of drug-likeness (QED) is 0.155. The third-order valence-electron chi connectivity index (χ3n) is 24.1. The Morgan fingerprint density at radius 1 is 0.142 bits per heavy atom. The van der Waals surface area contributed by atoms with E-state index >= 15 is 0 Å². The van der Waals surface area contributed by atoms with Gasteiger partial charge in [-0.15, -0.1) is 34.0 Å². The van der Waals surface area contributed by atoms with Crippen LogP contribution in [0.15, 0.2) is 449 Å². The fourth-order valence-electron chi connectivity index (χ4n) is 17.2. The summed E-state index contributed by atoms with van der Waals surface area (Å²) < 4.78 is 8.18. The van der Waals surface area contributed by atoms with Gasteiger partial charge in [-0.05, 0) is 264 Å². The molecule has 3 heterocycles. The molecule has 0 aliphatic carbocycles. The summed E-state index contributed by atoms with van der Waals surface area (Å²) in [7, 11) is 0. The molecule has 3 heteroatoms. The predicted molar refractivity (Wildman–Crippen MR) is 564 cm³/mol. The maximum absolute atomic E-state index is 2.32. The molecule has 0 saturated heterocycles. The molecule has 0 N–H and O–H groups in total. The first-order chi connectivity index (χ1) is 62.2. The number of aryl methyl sites for hydroxylation is 8. The van der Waals surface area contributed by atoms with Crippen molar-refractivity contribution in [2.24, 2.45) is 0 Å². The second-order valence-corrected chi connectivity index (χ2v) is 36.4. The van der Waals surface area contributed by atoms with Crippen LogP contribution in [0.3, 0.4) is 0 Å². The van der Waals surface area contributed by atoms with E-state index in [1.54, 1.807) is 0 Å². The molecule has 0 nitrogen and oxygen atoms in total. The lowest BCUT2D eigenvalue weighted by Crippen LogP contribution is -1.81. The summed E-state index contributed by atoms with van der Waals surface area (Å²) in [6.45, 7) is 17.1. The molecular weight excluding hydrogens is 1590 g/mol. The molecule has 0 saturated carbocycles. The van der Waals surface area contributed by atoms with Crippen LogP contribution in [0.1, 0.15) is 44.5 Å². The molecule has 612 valence electrons. The van der Waals surface area contributed by atoms with Crippen LogP contribution < -0.4 is 0 Å². The second kappa shape index (κ2) is 38.4. The fourth-order valence-corrected chi connectivity index (χ4v) is 20.5. The van der Waals surface area contributed by atoms with E-state index in [2.05, 4.69) is 504 Å². The van der Waals surface area contributed by atoms with Crippen molar-refractivity contribution in [3.8, 4) is 33.4 Å². The molecule has 0 fully saturated rings. The lowest BCUT2D eigenvalue weighted by Gasteiger charge is -2.06. The number of benzene rings is 22. The van der Waals surface area contributed by atoms with Crippen LogP contribution >= 0.6 is 34.0 Å². The van der Waals surface area contributed by atoms with Gasteiger partial charge in [-0.2, -0.15) is 0 Å². The van der Waals surface area contributed by atoms with Crippen molar-refractivity contribution >= 4 is 181 Å². The van der Waals surface area contributed by atoms with Gasteiger partial charge in [0.05, 0.1) is 0 Å². The largest absolute Gasteiger partial charge is 0.135 e. The highest BCUT2D eigenvalue weighted by molar-refractivity contribution is 7.26.